The molecule has 0 aliphatic carbocycles. The summed E-state index contributed by atoms with van der Waals surface area (Å²) in [5.41, 5.74) is 1.22. The van der Waals surface area contributed by atoms with Gasteiger partial charge >= 0.3 is 0 Å². The van der Waals surface area contributed by atoms with E-state index >= 15 is 0 Å². The first-order valence-corrected chi connectivity index (χ1v) is 13.0. The number of benzene rings is 2. The highest BCUT2D eigenvalue weighted by molar-refractivity contribution is 7.93. The van der Waals surface area contributed by atoms with Crippen molar-refractivity contribution in [2.45, 2.75) is 29.9 Å². The maximum Gasteiger partial charge on any atom is 0.264 e. The zero-order valence-electron chi connectivity index (χ0n) is 16.8. The number of nitrogens with zero attached hydrogens (tertiary/aromatic N) is 3. The minimum Gasteiger partial charge on any atom is -0.374 e. The zero-order valence-corrected chi connectivity index (χ0v) is 19.2. The number of carbonyl (C=O) groups is 1. The molecule has 0 spiro atoms. The van der Waals surface area contributed by atoms with Crippen molar-refractivity contribution in [1.82, 2.24) is 13.6 Å². The van der Waals surface area contributed by atoms with Crippen LogP contribution in [0.3, 0.4) is 0 Å². The van der Waals surface area contributed by atoms with Gasteiger partial charge in [-0.1, -0.05) is 17.7 Å². The van der Waals surface area contributed by atoms with E-state index in [0.29, 0.717) is 41.0 Å². The average Bonchev–Trinajstić information content (AvgIpc) is 3.54. The Hall–Kier alpha value is -2.27. The monoisotopic (exact) mass is 490 g/mol. The van der Waals surface area contributed by atoms with Crippen molar-refractivity contribution in [3.8, 4) is 0 Å². The molecule has 2 bridgehead atoms. The summed E-state index contributed by atoms with van der Waals surface area (Å²) in [5.74, 6) is 0.515. The molecule has 2 aromatic carbocycles. The first-order chi connectivity index (χ1) is 15.4. The van der Waals surface area contributed by atoms with Gasteiger partial charge < -0.3 is 9.64 Å². The number of aromatic nitrogens is 2. The summed E-state index contributed by atoms with van der Waals surface area (Å²) in [6, 6.07) is 9.42. The van der Waals surface area contributed by atoms with Gasteiger partial charge in [0.15, 0.2) is 0 Å². The molecule has 3 aliphatic heterocycles. The summed E-state index contributed by atoms with van der Waals surface area (Å²) in [6.07, 6.45) is 2.57. The third-order valence-corrected chi connectivity index (χ3v) is 8.91. The van der Waals surface area contributed by atoms with Gasteiger partial charge in [-0.3, -0.25) is 9.52 Å². The van der Waals surface area contributed by atoms with Gasteiger partial charge in [0.05, 0.1) is 35.2 Å². The highest BCUT2D eigenvalue weighted by Gasteiger charge is 2.53. The summed E-state index contributed by atoms with van der Waals surface area (Å²) in [4.78, 5) is 15.2. The minimum atomic E-state index is -4.02. The van der Waals surface area contributed by atoms with Gasteiger partial charge in [0.25, 0.3) is 15.9 Å². The second kappa shape index (κ2) is 7.38. The molecule has 3 aliphatic rings. The van der Waals surface area contributed by atoms with Crippen LogP contribution in [-0.2, 0) is 14.8 Å². The van der Waals surface area contributed by atoms with E-state index in [2.05, 4.69) is 13.5 Å². The summed E-state index contributed by atoms with van der Waals surface area (Å²) in [6.45, 7) is 1.26. The van der Waals surface area contributed by atoms with Crippen molar-refractivity contribution in [1.29, 1.82) is 0 Å². The van der Waals surface area contributed by atoms with Crippen molar-refractivity contribution >= 4 is 56.0 Å². The molecule has 1 N–H and O–H groups in total. The molecule has 32 heavy (non-hydrogen) atoms. The van der Waals surface area contributed by atoms with Crippen LogP contribution < -0.4 is 4.72 Å². The molecule has 6 rings (SSSR count). The zero-order chi connectivity index (χ0) is 22.0. The molecule has 3 saturated heterocycles. The van der Waals surface area contributed by atoms with Crippen LogP contribution in [-0.4, -0.2) is 53.3 Å². The summed E-state index contributed by atoms with van der Waals surface area (Å²) in [5, 5.41) is 0.331. The topological polar surface area (TPSA) is 101 Å². The molecule has 8 nitrogen and oxygen atoms in total. The van der Waals surface area contributed by atoms with Crippen molar-refractivity contribution in [3.05, 3.63) is 47.0 Å². The number of hydrogen-bond donors (Lipinski definition) is 1. The fourth-order valence-electron chi connectivity index (χ4n) is 5.28. The smallest absolute Gasteiger partial charge is 0.264 e. The SMILES string of the molecule is O=C(c1ccc(Cl)cc1NS(=O)(=O)c1cccc2nsnc12)N1CC2C3CCC(O3)C2C1. The van der Waals surface area contributed by atoms with Gasteiger partial charge in [-0.25, -0.2) is 8.42 Å². The van der Waals surface area contributed by atoms with Crippen LogP contribution in [0.2, 0.25) is 5.02 Å². The van der Waals surface area contributed by atoms with Gasteiger partial charge in [0, 0.05) is 29.9 Å². The summed E-state index contributed by atoms with van der Waals surface area (Å²) in [7, 11) is -4.02. The maximum absolute atomic E-state index is 13.4. The predicted molar refractivity (Wildman–Crippen MR) is 120 cm³/mol. The highest BCUT2D eigenvalue weighted by Crippen LogP contribution is 2.47. The fourth-order valence-corrected chi connectivity index (χ4v) is 7.29. The Kier molecular flexibility index (Phi) is 4.69. The number of ether oxygens (including phenoxy) is 1. The Labute approximate surface area is 193 Å². The Balaban J connectivity index is 1.32. The third kappa shape index (κ3) is 3.20. The minimum absolute atomic E-state index is 0.00607. The lowest BCUT2D eigenvalue weighted by Gasteiger charge is -2.21. The van der Waals surface area contributed by atoms with E-state index in [0.717, 1.165) is 24.6 Å². The van der Waals surface area contributed by atoms with Crippen LogP contribution in [0, 0.1) is 11.8 Å². The van der Waals surface area contributed by atoms with Crippen molar-refractivity contribution < 1.29 is 17.9 Å². The molecule has 0 radical (unpaired) electrons. The van der Waals surface area contributed by atoms with Crippen LogP contribution in [0.25, 0.3) is 11.0 Å². The lowest BCUT2D eigenvalue weighted by atomic mass is 9.82. The van der Waals surface area contributed by atoms with E-state index in [1.54, 1.807) is 24.3 Å². The van der Waals surface area contributed by atoms with Gasteiger partial charge in [0.1, 0.15) is 15.9 Å². The lowest BCUT2D eigenvalue weighted by molar-refractivity contribution is 0.0595. The Morgan fingerprint density at radius 1 is 1.12 bits per heavy atom. The number of nitrogens with one attached hydrogen (secondary N) is 1. The molecule has 4 atom stereocenters. The normalized spacial score (nSPS) is 26.6. The summed E-state index contributed by atoms with van der Waals surface area (Å²) < 4.78 is 43.2. The number of carbonyl (C=O) groups excluding carboxylic acids is 1. The van der Waals surface area contributed by atoms with Crippen LogP contribution in [0.1, 0.15) is 23.2 Å². The van der Waals surface area contributed by atoms with Gasteiger partial charge in [-0.15, -0.1) is 0 Å². The maximum atomic E-state index is 13.4. The van der Waals surface area contributed by atoms with E-state index in [1.807, 2.05) is 4.90 Å². The molecule has 0 saturated carbocycles. The number of anilines is 1. The largest absolute Gasteiger partial charge is 0.374 e. The second-order valence-electron chi connectivity index (χ2n) is 8.51. The molecule has 1 amide bonds. The van der Waals surface area contributed by atoms with E-state index in [-0.39, 0.29) is 34.3 Å². The molecule has 3 fully saturated rings. The van der Waals surface area contributed by atoms with Crippen molar-refractivity contribution in [2.24, 2.45) is 11.8 Å². The van der Waals surface area contributed by atoms with Gasteiger partial charge in [-0.05, 0) is 43.2 Å². The van der Waals surface area contributed by atoms with Crippen LogP contribution in [0.4, 0.5) is 5.69 Å². The van der Waals surface area contributed by atoms with Crippen LogP contribution in [0.15, 0.2) is 41.3 Å². The van der Waals surface area contributed by atoms with Crippen LogP contribution >= 0.6 is 23.3 Å². The Bertz CT molecular complexity index is 1330. The molecule has 11 heteroatoms. The number of hydrogen-bond acceptors (Lipinski definition) is 7. The molecular formula is C21H19ClN4O4S2. The van der Waals surface area contributed by atoms with Crippen molar-refractivity contribution in [2.75, 3.05) is 17.8 Å². The van der Waals surface area contributed by atoms with E-state index < -0.39 is 10.0 Å². The standard InChI is InChI=1S/C21H19ClN4O4S2/c22-11-4-5-12(21(27)26-9-13-14(10-26)18-7-6-17(13)30-18)16(8-11)25-32(28,29)19-3-1-2-15-20(19)24-31-23-15/h1-5,8,13-14,17-18,25H,6-7,9-10H2. The Morgan fingerprint density at radius 2 is 1.88 bits per heavy atom. The number of amides is 1. The number of halogens is 1. The first kappa shape index (κ1) is 20.3. The number of fused-ring (bicyclic) bond motifs is 6. The van der Waals surface area contributed by atoms with E-state index in [9.17, 15) is 13.2 Å². The van der Waals surface area contributed by atoms with E-state index in [1.165, 1.54) is 12.1 Å². The number of sulfonamides is 1. The molecule has 4 heterocycles. The molecule has 1 aromatic heterocycles. The van der Waals surface area contributed by atoms with Gasteiger partial charge in [0.2, 0.25) is 0 Å². The van der Waals surface area contributed by atoms with Gasteiger partial charge in [-0.2, -0.15) is 8.75 Å². The predicted octanol–water partition coefficient (Wildman–Crippen LogP) is 3.39. The lowest BCUT2D eigenvalue weighted by Crippen LogP contribution is -2.32. The second-order valence-corrected chi connectivity index (χ2v) is 11.1. The number of likely N-dealkylation sites (tertiary alicyclic amines) is 1. The average molecular weight is 491 g/mol. The van der Waals surface area contributed by atoms with Crippen molar-refractivity contribution in [3.63, 3.8) is 0 Å². The van der Waals surface area contributed by atoms with Crippen LogP contribution in [0.5, 0.6) is 0 Å². The third-order valence-electron chi connectivity index (χ3n) is 6.73. The summed E-state index contributed by atoms with van der Waals surface area (Å²) >= 11 is 7.11. The fraction of sp³-hybridized carbons (Fsp3) is 0.381. The Morgan fingerprint density at radius 3 is 2.62 bits per heavy atom. The number of rotatable bonds is 4. The molecule has 166 valence electrons. The molecule has 4 unspecified atom stereocenters. The highest BCUT2D eigenvalue weighted by atomic mass is 35.5. The molecular weight excluding hydrogens is 472 g/mol. The quantitative estimate of drug-likeness (QED) is 0.601. The molecule has 3 aromatic rings. The first-order valence-electron chi connectivity index (χ1n) is 10.4. The van der Waals surface area contributed by atoms with E-state index in [4.69, 9.17) is 16.3 Å².